The topological polar surface area (TPSA) is 98.3 Å². The summed E-state index contributed by atoms with van der Waals surface area (Å²) >= 11 is 0. The smallest absolute Gasteiger partial charge is 0.280 e. The average molecular weight is 293 g/mol. The Morgan fingerprint density at radius 1 is 1.24 bits per heavy atom. The minimum absolute atomic E-state index is 0.198. The SMILES string of the molecule is CCC1(CNCc2ccc([N+](=O)[O-])cc2[N+](=O)[O-])CCC1. The van der Waals surface area contributed by atoms with Crippen molar-refractivity contribution in [3.8, 4) is 0 Å². The summed E-state index contributed by atoms with van der Waals surface area (Å²) in [6.07, 6.45) is 4.73. The molecule has 1 aliphatic rings. The van der Waals surface area contributed by atoms with E-state index in [4.69, 9.17) is 0 Å². The van der Waals surface area contributed by atoms with Crippen molar-refractivity contribution >= 4 is 11.4 Å². The van der Waals surface area contributed by atoms with Gasteiger partial charge in [-0.2, -0.15) is 0 Å². The molecule has 0 bridgehead atoms. The lowest BCUT2D eigenvalue weighted by molar-refractivity contribution is -0.394. The molecule has 0 heterocycles. The molecule has 1 aromatic rings. The average Bonchev–Trinajstić information content (AvgIpc) is 2.41. The summed E-state index contributed by atoms with van der Waals surface area (Å²) in [5, 5.41) is 25.0. The zero-order valence-electron chi connectivity index (χ0n) is 12.0. The molecular weight excluding hydrogens is 274 g/mol. The molecule has 1 aliphatic carbocycles. The Morgan fingerprint density at radius 2 is 1.95 bits per heavy atom. The fraction of sp³-hybridized carbons (Fsp3) is 0.571. The van der Waals surface area contributed by atoms with Gasteiger partial charge in [0.25, 0.3) is 11.4 Å². The first-order chi connectivity index (χ1) is 9.97. The molecule has 1 N–H and O–H groups in total. The van der Waals surface area contributed by atoms with Crippen molar-refractivity contribution in [1.29, 1.82) is 0 Å². The minimum atomic E-state index is -0.620. The maximum atomic E-state index is 11.0. The van der Waals surface area contributed by atoms with Crippen molar-refractivity contribution in [1.82, 2.24) is 5.32 Å². The van der Waals surface area contributed by atoms with Crippen molar-refractivity contribution in [2.24, 2.45) is 5.41 Å². The van der Waals surface area contributed by atoms with E-state index in [0.29, 0.717) is 17.5 Å². The molecule has 0 amide bonds. The summed E-state index contributed by atoms with van der Waals surface area (Å²) in [6.45, 7) is 3.35. The Kier molecular flexibility index (Phi) is 4.52. The third-order valence-corrected chi connectivity index (χ3v) is 4.46. The third-order valence-electron chi connectivity index (χ3n) is 4.46. The molecular formula is C14H19N3O4. The van der Waals surface area contributed by atoms with Crippen LogP contribution in [-0.2, 0) is 6.54 Å². The van der Waals surface area contributed by atoms with Gasteiger partial charge in [0.2, 0.25) is 0 Å². The van der Waals surface area contributed by atoms with Gasteiger partial charge in [0.15, 0.2) is 0 Å². The van der Waals surface area contributed by atoms with Gasteiger partial charge in [-0.05, 0) is 30.7 Å². The van der Waals surface area contributed by atoms with Gasteiger partial charge in [0.1, 0.15) is 0 Å². The number of hydrogen-bond donors (Lipinski definition) is 1. The Bertz CT molecular complexity index is 550. The van der Waals surface area contributed by atoms with Crippen LogP contribution in [-0.4, -0.2) is 16.4 Å². The van der Waals surface area contributed by atoms with Crippen LogP contribution in [0.1, 0.15) is 38.2 Å². The van der Waals surface area contributed by atoms with E-state index >= 15 is 0 Å². The Labute approximate surface area is 122 Å². The number of hydrogen-bond acceptors (Lipinski definition) is 5. The van der Waals surface area contributed by atoms with E-state index < -0.39 is 9.85 Å². The van der Waals surface area contributed by atoms with Crippen LogP contribution in [0.15, 0.2) is 18.2 Å². The molecule has 0 unspecified atom stereocenters. The Morgan fingerprint density at radius 3 is 2.43 bits per heavy atom. The third kappa shape index (κ3) is 3.36. The molecule has 1 saturated carbocycles. The van der Waals surface area contributed by atoms with Crippen LogP contribution in [0.2, 0.25) is 0 Å². The molecule has 2 rings (SSSR count). The summed E-state index contributed by atoms with van der Waals surface area (Å²) in [4.78, 5) is 20.5. The molecule has 0 aliphatic heterocycles. The van der Waals surface area contributed by atoms with Crippen LogP contribution in [0.5, 0.6) is 0 Å². The number of non-ortho nitro benzene ring substituents is 1. The minimum Gasteiger partial charge on any atom is -0.312 e. The summed E-state index contributed by atoms with van der Waals surface area (Å²) in [6, 6.07) is 3.79. The first-order valence-corrected chi connectivity index (χ1v) is 7.10. The largest absolute Gasteiger partial charge is 0.312 e. The summed E-state index contributed by atoms with van der Waals surface area (Å²) in [5.74, 6) is 0. The lowest BCUT2D eigenvalue weighted by Gasteiger charge is -2.41. The first-order valence-electron chi connectivity index (χ1n) is 7.10. The van der Waals surface area contributed by atoms with Crippen molar-refractivity contribution in [2.45, 2.75) is 39.2 Å². The quantitative estimate of drug-likeness (QED) is 0.615. The van der Waals surface area contributed by atoms with Crippen LogP contribution >= 0.6 is 0 Å². The van der Waals surface area contributed by atoms with Gasteiger partial charge in [-0.3, -0.25) is 20.2 Å². The van der Waals surface area contributed by atoms with E-state index in [1.165, 1.54) is 31.4 Å². The highest BCUT2D eigenvalue weighted by Gasteiger charge is 2.34. The highest BCUT2D eigenvalue weighted by Crippen LogP contribution is 2.43. The molecule has 0 atom stereocenters. The second-order valence-corrected chi connectivity index (χ2v) is 5.64. The molecule has 1 aromatic carbocycles. The zero-order chi connectivity index (χ0) is 15.5. The van der Waals surface area contributed by atoms with Crippen LogP contribution in [0.3, 0.4) is 0 Å². The number of nitrogens with one attached hydrogen (secondary N) is 1. The first kappa shape index (κ1) is 15.4. The lowest BCUT2D eigenvalue weighted by atomic mass is 9.67. The number of rotatable bonds is 7. The summed E-state index contributed by atoms with van der Waals surface area (Å²) in [7, 11) is 0. The van der Waals surface area contributed by atoms with Gasteiger partial charge in [-0.1, -0.05) is 13.3 Å². The van der Waals surface area contributed by atoms with Crippen molar-refractivity contribution < 1.29 is 9.85 Å². The predicted octanol–water partition coefficient (Wildman–Crippen LogP) is 3.17. The highest BCUT2D eigenvalue weighted by molar-refractivity contribution is 5.49. The van der Waals surface area contributed by atoms with E-state index in [9.17, 15) is 20.2 Å². The monoisotopic (exact) mass is 293 g/mol. The summed E-state index contributed by atoms with van der Waals surface area (Å²) in [5.41, 5.74) is 0.358. The lowest BCUT2D eigenvalue weighted by Crippen LogP contribution is -2.39. The van der Waals surface area contributed by atoms with Crippen molar-refractivity contribution in [3.05, 3.63) is 44.0 Å². The molecule has 0 spiro atoms. The van der Waals surface area contributed by atoms with Crippen LogP contribution in [0.25, 0.3) is 0 Å². The Hall–Kier alpha value is -2.02. The molecule has 21 heavy (non-hydrogen) atoms. The van der Waals surface area contributed by atoms with Crippen LogP contribution < -0.4 is 5.32 Å². The van der Waals surface area contributed by atoms with E-state index in [1.54, 1.807) is 0 Å². The Balaban J connectivity index is 2.05. The van der Waals surface area contributed by atoms with Crippen molar-refractivity contribution in [2.75, 3.05) is 6.54 Å². The van der Waals surface area contributed by atoms with E-state index in [2.05, 4.69) is 12.2 Å². The van der Waals surface area contributed by atoms with Gasteiger partial charge in [-0.15, -0.1) is 0 Å². The van der Waals surface area contributed by atoms with E-state index in [1.807, 2.05) is 0 Å². The predicted molar refractivity (Wildman–Crippen MR) is 78.0 cm³/mol. The fourth-order valence-electron chi connectivity index (χ4n) is 2.78. The molecule has 1 fully saturated rings. The molecule has 0 radical (unpaired) electrons. The number of nitro groups is 2. The number of nitro benzene ring substituents is 2. The van der Waals surface area contributed by atoms with Crippen LogP contribution in [0.4, 0.5) is 11.4 Å². The highest BCUT2D eigenvalue weighted by atomic mass is 16.6. The van der Waals surface area contributed by atoms with Gasteiger partial charge >= 0.3 is 0 Å². The van der Waals surface area contributed by atoms with Gasteiger partial charge in [0, 0.05) is 24.7 Å². The maximum Gasteiger partial charge on any atom is 0.280 e. The number of nitrogens with zero attached hydrogens (tertiary/aromatic N) is 2. The van der Waals surface area contributed by atoms with Gasteiger partial charge < -0.3 is 5.32 Å². The van der Waals surface area contributed by atoms with Crippen LogP contribution in [0, 0.1) is 25.6 Å². The standard InChI is InChI=1S/C14H19N3O4/c1-2-14(6-3-7-14)10-15-9-11-4-5-12(16(18)19)8-13(11)17(20)21/h4-5,8,15H,2-3,6-7,9-10H2,1H3. The fourth-order valence-corrected chi connectivity index (χ4v) is 2.78. The van der Waals surface area contributed by atoms with Gasteiger partial charge in [-0.25, -0.2) is 0 Å². The normalized spacial score (nSPS) is 16.2. The molecule has 0 aromatic heterocycles. The summed E-state index contributed by atoms with van der Waals surface area (Å²) < 4.78 is 0. The molecule has 7 heteroatoms. The van der Waals surface area contributed by atoms with E-state index in [-0.39, 0.29) is 11.4 Å². The zero-order valence-corrected chi connectivity index (χ0v) is 12.0. The van der Waals surface area contributed by atoms with Crippen molar-refractivity contribution in [3.63, 3.8) is 0 Å². The van der Waals surface area contributed by atoms with E-state index in [0.717, 1.165) is 19.0 Å². The number of benzene rings is 1. The second kappa shape index (κ2) is 6.17. The molecule has 7 nitrogen and oxygen atoms in total. The molecule has 0 saturated heterocycles. The van der Waals surface area contributed by atoms with Gasteiger partial charge in [0.05, 0.1) is 15.9 Å². The second-order valence-electron chi connectivity index (χ2n) is 5.64. The maximum absolute atomic E-state index is 11.0. The molecule has 114 valence electrons.